The monoisotopic (exact) mass is 333 g/mol. The molecule has 2 heterocycles. The number of likely N-dealkylation sites (N-methyl/N-ethyl adjacent to an activating group) is 1. The smallest absolute Gasteiger partial charge is 0.317 e. The lowest BCUT2D eigenvalue weighted by Crippen LogP contribution is -2.51. The molecule has 130 valence electrons. The number of carbonyl (C=O) groups excluding carboxylic acids is 2. The summed E-state index contributed by atoms with van der Waals surface area (Å²) in [4.78, 5) is 25.8. The number of nitrogens with one attached hydrogen (secondary N) is 2. The molecule has 0 spiro atoms. The number of nitrogens with zero attached hydrogens (tertiary/aromatic N) is 1. The molecule has 2 atom stereocenters. The van der Waals surface area contributed by atoms with Gasteiger partial charge in [-0.1, -0.05) is 12.1 Å². The van der Waals surface area contributed by atoms with Crippen LogP contribution in [0.1, 0.15) is 19.3 Å². The third kappa shape index (κ3) is 3.90. The molecule has 2 aliphatic heterocycles. The fourth-order valence-corrected chi connectivity index (χ4v) is 2.88. The summed E-state index contributed by atoms with van der Waals surface area (Å²) < 4.78 is 11.5. The first-order chi connectivity index (χ1) is 11.6. The Kier molecular flexibility index (Phi) is 5.08. The van der Waals surface area contributed by atoms with Gasteiger partial charge in [-0.05, 0) is 31.4 Å². The van der Waals surface area contributed by atoms with E-state index in [2.05, 4.69) is 10.6 Å². The molecule has 1 fully saturated rings. The summed E-state index contributed by atoms with van der Waals surface area (Å²) in [7, 11) is 1.69. The maximum atomic E-state index is 12.3. The van der Waals surface area contributed by atoms with E-state index in [9.17, 15) is 9.59 Å². The number of carbonyl (C=O) groups is 2. The van der Waals surface area contributed by atoms with Crippen LogP contribution in [-0.4, -0.2) is 55.7 Å². The van der Waals surface area contributed by atoms with Gasteiger partial charge in [0.05, 0.1) is 6.54 Å². The van der Waals surface area contributed by atoms with E-state index in [4.69, 9.17) is 9.47 Å². The quantitative estimate of drug-likeness (QED) is 0.869. The van der Waals surface area contributed by atoms with Crippen LogP contribution in [0.25, 0.3) is 0 Å². The maximum Gasteiger partial charge on any atom is 0.317 e. The van der Waals surface area contributed by atoms with E-state index >= 15 is 0 Å². The van der Waals surface area contributed by atoms with Gasteiger partial charge in [0, 0.05) is 13.6 Å². The molecule has 1 aromatic carbocycles. The highest BCUT2D eigenvalue weighted by Crippen LogP contribution is 2.30. The standard InChI is InChI=1S/C17H23N3O4/c1-20(17(22)19-13-6-4-5-9-18-16(13)21)10-12-11-23-14-7-2-3-8-15(14)24-12/h2-3,7-8,12-13H,4-6,9-11H2,1H3,(H,18,21)(H,19,22)/t12-,13-/m0/s1. The van der Waals surface area contributed by atoms with Gasteiger partial charge < -0.3 is 25.0 Å². The number of amides is 3. The van der Waals surface area contributed by atoms with E-state index in [0.29, 0.717) is 31.9 Å². The molecule has 0 unspecified atom stereocenters. The summed E-state index contributed by atoms with van der Waals surface area (Å²) in [5.74, 6) is 1.29. The molecule has 1 aromatic rings. The highest BCUT2D eigenvalue weighted by molar-refractivity contribution is 5.87. The molecule has 2 N–H and O–H groups in total. The van der Waals surface area contributed by atoms with Gasteiger partial charge in [0.2, 0.25) is 5.91 Å². The maximum absolute atomic E-state index is 12.3. The third-order valence-corrected chi connectivity index (χ3v) is 4.22. The van der Waals surface area contributed by atoms with Crippen molar-refractivity contribution in [3.8, 4) is 11.5 Å². The molecule has 0 bridgehead atoms. The minimum Gasteiger partial charge on any atom is -0.486 e. The van der Waals surface area contributed by atoms with Crippen molar-refractivity contribution >= 4 is 11.9 Å². The first-order valence-corrected chi connectivity index (χ1v) is 8.31. The summed E-state index contributed by atoms with van der Waals surface area (Å²) in [6.45, 7) is 1.45. The molecule has 1 saturated heterocycles. The summed E-state index contributed by atoms with van der Waals surface area (Å²) in [5.41, 5.74) is 0. The minimum atomic E-state index is -0.466. The number of para-hydroxylation sites is 2. The number of rotatable bonds is 3. The van der Waals surface area contributed by atoms with E-state index in [-0.39, 0.29) is 18.0 Å². The highest BCUT2D eigenvalue weighted by atomic mass is 16.6. The number of ether oxygens (including phenoxy) is 2. The van der Waals surface area contributed by atoms with Crippen LogP contribution in [0.15, 0.2) is 24.3 Å². The van der Waals surface area contributed by atoms with Crippen molar-refractivity contribution in [2.75, 3.05) is 26.7 Å². The highest BCUT2D eigenvalue weighted by Gasteiger charge is 2.27. The van der Waals surface area contributed by atoms with Crippen molar-refractivity contribution < 1.29 is 19.1 Å². The second-order valence-corrected chi connectivity index (χ2v) is 6.17. The molecule has 0 aliphatic carbocycles. The van der Waals surface area contributed by atoms with E-state index in [1.54, 1.807) is 7.05 Å². The van der Waals surface area contributed by atoms with Crippen LogP contribution in [0.3, 0.4) is 0 Å². The zero-order valence-electron chi connectivity index (χ0n) is 13.8. The van der Waals surface area contributed by atoms with Crippen molar-refractivity contribution in [2.45, 2.75) is 31.4 Å². The average molecular weight is 333 g/mol. The molecule has 0 aromatic heterocycles. The molecule has 24 heavy (non-hydrogen) atoms. The Hall–Kier alpha value is -2.44. The SMILES string of the molecule is CN(C[C@H]1COc2ccccc2O1)C(=O)N[C@H]1CCCCNC1=O. The normalized spacial score (nSPS) is 23.0. The molecule has 7 nitrogen and oxygen atoms in total. The first kappa shape index (κ1) is 16.4. The van der Waals surface area contributed by atoms with Crippen LogP contribution in [-0.2, 0) is 4.79 Å². The molecular formula is C17H23N3O4. The van der Waals surface area contributed by atoms with Crippen LogP contribution in [0.4, 0.5) is 4.79 Å². The molecule has 7 heteroatoms. The van der Waals surface area contributed by atoms with Gasteiger partial charge in [0.1, 0.15) is 12.6 Å². The lowest BCUT2D eigenvalue weighted by Gasteiger charge is -2.30. The van der Waals surface area contributed by atoms with Gasteiger partial charge in [0.25, 0.3) is 0 Å². The molecular weight excluding hydrogens is 310 g/mol. The summed E-state index contributed by atoms with van der Waals surface area (Å²) in [6.07, 6.45) is 2.30. The summed E-state index contributed by atoms with van der Waals surface area (Å²) in [6, 6.07) is 6.72. The predicted octanol–water partition coefficient (Wildman–Crippen LogP) is 1.14. The van der Waals surface area contributed by atoms with Gasteiger partial charge in [0.15, 0.2) is 17.6 Å². The lowest BCUT2D eigenvalue weighted by atomic mass is 10.1. The molecule has 2 aliphatic rings. The first-order valence-electron chi connectivity index (χ1n) is 8.31. The second kappa shape index (κ2) is 7.42. The average Bonchev–Trinajstić information content (AvgIpc) is 2.79. The summed E-state index contributed by atoms with van der Waals surface area (Å²) in [5, 5.41) is 5.61. The van der Waals surface area contributed by atoms with Gasteiger partial charge in [-0.3, -0.25) is 4.79 Å². The topological polar surface area (TPSA) is 79.9 Å². The Morgan fingerprint density at radius 1 is 1.33 bits per heavy atom. The Balaban J connectivity index is 1.52. The zero-order valence-corrected chi connectivity index (χ0v) is 13.8. The van der Waals surface area contributed by atoms with Crippen LogP contribution in [0.2, 0.25) is 0 Å². The van der Waals surface area contributed by atoms with Crippen molar-refractivity contribution in [1.29, 1.82) is 0 Å². The lowest BCUT2D eigenvalue weighted by molar-refractivity contribution is -0.122. The van der Waals surface area contributed by atoms with E-state index in [1.807, 2.05) is 24.3 Å². The Morgan fingerprint density at radius 3 is 2.96 bits per heavy atom. The minimum absolute atomic E-state index is 0.111. The Labute approximate surface area is 141 Å². The molecule has 0 saturated carbocycles. The number of fused-ring (bicyclic) bond motifs is 1. The van der Waals surface area contributed by atoms with E-state index in [1.165, 1.54) is 4.90 Å². The van der Waals surface area contributed by atoms with E-state index in [0.717, 1.165) is 18.6 Å². The van der Waals surface area contributed by atoms with Crippen LogP contribution >= 0.6 is 0 Å². The molecule has 3 amide bonds. The predicted molar refractivity (Wildman–Crippen MR) is 88.2 cm³/mol. The van der Waals surface area contributed by atoms with Crippen molar-refractivity contribution in [3.63, 3.8) is 0 Å². The van der Waals surface area contributed by atoms with Crippen molar-refractivity contribution in [1.82, 2.24) is 15.5 Å². The van der Waals surface area contributed by atoms with Crippen LogP contribution in [0, 0.1) is 0 Å². The van der Waals surface area contributed by atoms with E-state index < -0.39 is 6.04 Å². The Morgan fingerprint density at radius 2 is 2.12 bits per heavy atom. The van der Waals surface area contributed by atoms with Gasteiger partial charge in [-0.25, -0.2) is 4.79 Å². The third-order valence-electron chi connectivity index (χ3n) is 4.22. The van der Waals surface area contributed by atoms with Crippen molar-refractivity contribution in [3.05, 3.63) is 24.3 Å². The number of hydrogen-bond donors (Lipinski definition) is 2. The van der Waals surface area contributed by atoms with Gasteiger partial charge in [-0.15, -0.1) is 0 Å². The largest absolute Gasteiger partial charge is 0.486 e. The number of hydrogen-bond acceptors (Lipinski definition) is 4. The van der Waals surface area contributed by atoms with Crippen LogP contribution in [0.5, 0.6) is 11.5 Å². The fraction of sp³-hybridized carbons (Fsp3) is 0.529. The number of urea groups is 1. The van der Waals surface area contributed by atoms with Gasteiger partial charge >= 0.3 is 6.03 Å². The number of benzene rings is 1. The molecule has 0 radical (unpaired) electrons. The molecule has 3 rings (SSSR count). The fourth-order valence-electron chi connectivity index (χ4n) is 2.88. The second-order valence-electron chi connectivity index (χ2n) is 6.17. The summed E-state index contributed by atoms with van der Waals surface area (Å²) >= 11 is 0. The van der Waals surface area contributed by atoms with Crippen molar-refractivity contribution in [2.24, 2.45) is 0 Å². The zero-order chi connectivity index (χ0) is 16.9. The van der Waals surface area contributed by atoms with Gasteiger partial charge in [-0.2, -0.15) is 0 Å². The van der Waals surface area contributed by atoms with Crippen LogP contribution < -0.4 is 20.1 Å². The Bertz CT molecular complexity index is 607.